The Hall–Kier alpha value is -2.45. The molecule has 2 aromatic heterocycles. The molecular formula is C16H15N3O3S2. The Labute approximate surface area is 143 Å². The van der Waals surface area contributed by atoms with Crippen LogP contribution < -0.4 is 9.86 Å². The molecular weight excluding hydrogens is 346 g/mol. The molecule has 0 saturated heterocycles. The van der Waals surface area contributed by atoms with Crippen LogP contribution in [-0.4, -0.2) is 25.2 Å². The lowest BCUT2D eigenvalue weighted by Crippen LogP contribution is -2.30. The highest BCUT2D eigenvalue weighted by Crippen LogP contribution is 2.32. The predicted molar refractivity (Wildman–Crippen MR) is 94.8 cm³/mol. The van der Waals surface area contributed by atoms with Crippen molar-refractivity contribution in [1.82, 2.24) is 10.2 Å². The smallest absolute Gasteiger partial charge is 0.268 e. The summed E-state index contributed by atoms with van der Waals surface area (Å²) in [6, 6.07) is 15.2. The number of aromatic nitrogens is 2. The van der Waals surface area contributed by atoms with E-state index in [-0.39, 0.29) is 9.77 Å². The fourth-order valence-corrected chi connectivity index (χ4v) is 5.14. The third kappa shape index (κ3) is 3.10. The van der Waals surface area contributed by atoms with E-state index >= 15 is 0 Å². The SMILES string of the molecule is CCN(c1ccccc1)S(=O)(=O)c1ccc(-c2ccc(=O)[nH]n2)s1. The number of hydrogen-bond acceptors (Lipinski definition) is 5. The van der Waals surface area contributed by atoms with Crippen LogP contribution in [-0.2, 0) is 10.0 Å². The Morgan fingerprint density at radius 1 is 1.08 bits per heavy atom. The van der Waals surface area contributed by atoms with Gasteiger partial charge >= 0.3 is 0 Å². The van der Waals surface area contributed by atoms with Crippen LogP contribution in [0.1, 0.15) is 6.92 Å². The Morgan fingerprint density at radius 3 is 2.46 bits per heavy atom. The highest BCUT2D eigenvalue weighted by Gasteiger charge is 2.25. The first-order chi connectivity index (χ1) is 11.5. The lowest BCUT2D eigenvalue weighted by atomic mass is 10.3. The van der Waals surface area contributed by atoms with Crippen molar-refractivity contribution < 1.29 is 8.42 Å². The zero-order valence-electron chi connectivity index (χ0n) is 12.8. The number of anilines is 1. The van der Waals surface area contributed by atoms with Crippen molar-refractivity contribution in [3.63, 3.8) is 0 Å². The van der Waals surface area contributed by atoms with Crippen LogP contribution in [0.25, 0.3) is 10.6 Å². The summed E-state index contributed by atoms with van der Waals surface area (Å²) in [7, 11) is -3.65. The first kappa shape index (κ1) is 16.4. The summed E-state index contributed by atoms with van der Waals surface area (Å²) < 4.78 is 27.4. The summed E-state index contributed by atoms with van der Waals surface area (Å²) in [5.41, 5.74) is 0.852. The molecule has 0 spiro atoms. The van der Waals surface area contributed by atoms with E-state index in [2.05, 4.69) is 10.2 Å². The highest BCUT2D eigenvalue weighted by molar-refractivity contribution is 7.94. The number of H-pyrrole nitrogens is 1. The summed E-state index contributed by atoms with van der Waals surface area (Å²) in [6.45, 7) is 2.12. The van der Waals surface area contributed by atoms with Crippen molar-refractivity contribution in [2.45, 2.75) is 11.1 Å². The first-order valence-electron chi connectivity index (χ1n) is 7.26. The topological polar surface area (TPSA) is 83.1 Å². The van der Waals surface area contributed by atoms with Gasteiger partial charge in [-0.25, -0.2) is 13.5 Å². The highest BCUT2D eigenvalue weighted by atomic mass is 32.2. The number of nitrogens with zero attached hydrogens (tertiary/aromatic N) is 2. The van der Waals surface area contributed by atoms with Crippen molar-refractivity contribution in [1.29, 1.82) is 0 Å². The number of nitrogens with one attached hydrogen (secondary N) is 1. The molecule has 3 aromatic rings. The molecule has 0 aliphatic heterocycles. The van der Waals surface area contributed by atoms with Gasteiger partial charge in [-0.1, -0.05) is 18.2 Å². The maximum absolute atomic E-state index is 12.9. The van der Waals surface area contributed by atoms with Crippen LogP contribution in [0.5, 0.6) is 0 Å². The van der Waals surface area contributed by atoms with E-state index in [4.69, 9.17) is 0 Å². The van der Waals surface area contributed by atoms with E-state index in [1.165, 1.54) is 10.4 Å². The number of sulfonamides is 1. The summed E-state index contributed by atoms with van der Waals surface area (Å²) in [4.78, 5) is 11.8. The molecule has 0 amide bonds. The largest absolute Gasteiger partial charge is 0.273 e. The van der Waals surface area contributed by atoms with Gasteiger partial charge in [0, 0.05) is 12.6 Å². The molecule has 0 radical (unpaired) electrons. The number of hydrogen-bond donors (Lipinski definition) is 1. The van der Waals surface area contributed by atoms with Gasteiger partial charge in [-0.2, -0.15) is 5.10 Å². The van der Waals surface area contributed by atoms with Gasteiger partial charge in [-0.3, -0.25) is 9.10 Å². The third-order valence-electron chi connectivity index (χ3n) is 3.39. The van der Waals surface area contributed by atoms with Crippen molar-refractivity contribution >= 4 is 27.0 Å². The fraction of sp³-hybridized carbons (Fsp3) is 0.125. The zero-order chi connectivity index (χ0) is 17.2. The van der Waals surface area contributed by atoms with E-state index in [0.717, 1.165) is 11.3 Å². The van der Waals surface area contributed by atoms with Crippen LogP contribution in [0.3, 0.4) is 0 Å². The summed E-state index contributed by atoms with van der Waals surface area (Å²) in [5, 5.41) is 6.28. The Balaban J connectivity index is 1.98. The van der Waals surface area contributed by atoms with Gasteiger partial charge in [0.1, 0.15) is 9.90 Å². The van der Waals surface area contributed by atoms with Crippen LogP contribution in [0.15, 0.2) is 63.6 Å². The van der Waals surface area contributed by atoms with E-state index in [1.807, 2.05) is 6.07 Å². The average molecular weight is 361 g/mol. The van der Waals surface area contributed by atoms with Crippen molar-refractivity contribution in [3.8, 4) is 10.6 Å². The summed E-state index contributed by atoms with van der Waals surface area (Å²) in [6.07, 6.45) is 0. The van der Waals surface area contributed by atoms with Gasteiger partial charge in [-0.05, 0) is 37.3 Å². The number of thiophene rings is 1. The number of rotatable bonds is 5. The second-order valence-electron chi connectivity index (χ2n) is 4.93. The van der Waals surface area contributed by atoms with Crippen LogP contribution in [0.2, 0.25) is 0 Å². The maximum Gasteiger partial charge on any atom is 0.273 e. The van der Waals surface area contributed by atoms with Crippen LogP contribution in [0, 0.1) is 0 Å². The zero-order valence-corrected chi connectivity index (χ0v) is 14.5. The van der Waals surface area contributed by atoms with Crippen molar-refractivity contribution in [2.24, 2.45) is 0 Å². The number of aromatic amines is 1. The monoisotopic (exact) mass is 361 g/mol. The minimum atomic E-state index is -3.65. The molecule has 0 bridgehead atoms. The van der Waals surface area contributed by atoms with Crippen LogP contribution >= 0.6 is 11.3 Å². The van der Waals surface area contributed by atoms with Gasteiger partial charge in [0.25, 0.3) is 15.6 Å². The molecule has 124 valence electrons. The minimum Gasteiger partial charge on any atom is -0.268 e. The van der Waals surface area contributed by atoms with Crippen molar-refractivity contribution in [2.75, 3.05) is 10.8 Å². The molecule has 8 heteroatoms. The lowest BCUT2D eigenvalue weighted by Gasteiger charge is -2.21. The van der Waals surface area contributed by atoms with E-state index < -0.39 is 10.0 Å². The molecule has 0 aliphatic carbocycles. The quantitative estimate of drug-likeness (QED) is 0.757. The molecule has 1 aromatic carbocycles. The van der Waals surface area contributed by atoms with E-state index in [9.17, 15) is 13.2 Å². The van der Waals surface area contributed by atoms with Gasteiger partial charge in [0.15, 0.2) is 0 Å². The molecule has 0 aliphatic rings. The molecule has 3 rings (SSSR count). The molecule has 0 fully saturated rings. The maximum atomic E-state index is 12.9. The van der Waals surface area contributed by atoms with Gasteiger partial charge in [0.05, 0.1) is 10.6 Å². The second kappa shape index (κ2) is 6.58. The van der Waals surface area contributed by atoms with Gasteiger partial charge in [-0.15, -0.1) is 11.3 Å². The Bertz CT molecular complexity index is 974. The molecule has 0 saturated carbocycles. The van der Waals surface area contributed by atoms with Crippen LogP contribution in [0.4, 0.5) is 5.69 Å². The van der Waals surface area contributed by atoms with E-state index in [1.54, 1.807) is 49.4 Å². The van der Waals surface area contributed by atoms with Gasteiger partial charge in [0.2, 0.25) is 0 Å². The number of para-hydroxylation sites is 1. The Morgan fingerprint density at radius 2 is 1.83 bits per heavy atom. The van der Waals surface area contributed by atoms with Gasteiger partial charge < -0.3 is 0 Å². The standard InChI is InChI=1S/C16H15N3O3S2/c1-2-19(12-6-4-3-5-7-12)24(21,22)16-11-9-14(23-16)13-8-10-15(20)18-17-13/h3-11H,2H2,1H3,(H,18,20). The Kier molecular flexibility index (Phi) is 4.50. The predicted octanol–water partition coefficient (Wildman–Crippen LogP) is 2.71. The third-order valence-corrected chi connectivity index (χ3v) is 6.87. The molecule has 6 nitrogen and oxygen atoms in total. The summed E-state index contributed by atoms with van der Waals surface area (Å²) in [5.74, 6) is 0. The fourth-order valence-electron chi connectivity index (χ4n) is 2.27. The van der Waals surface area contributed by atoms with E-state index in [0.29, 0.717) is 22.8 Å². The summed E-state index contributed by atoms with van der Waals surface area (Å²) >= 11 is 1.12. The molecule has 2 heterocycles. The molecule has 0 atom stereocenters. The normalized spacial score (nSPS) is 11.4. The second-order valence-corrected chi connectivity index (χ2v) is 8.10. The minimum absolute atomic E-state index is 0.233. The average Bonchev–Trinajstić information content (AvgIpc) is 3.08. The number of benzene rings is 1. The van der Waals surface area contributed by atoms with Crippen molar-refractivity contribution in [3.05, 3.63) is 65.0 Å². The lowest BCUT2D eigenvalue weighted by molar-refractivity contribution is 0.594. The molecule has 0 unspecified atom stereocenters. The molecule has 1 N–H and O–H groups in total. The molecule has 24 heavy (non-hydrogen) atoms. The first-order valence-corrected chi connectivity index (χ1v) is 9.52.